The second-order valence-electron chi connectivity index (χ2n) is 4.98. The van der Waals surface area contributed by atoms with Crippen LogP contribution in [0.3, 0.4) is 0 Å². The van der Waals surface area contributed by atoms with Crippen molar-refractivity contribution in [3.05, 3.63) is 29.8 Å². The molecule has 0 aromatic heterocycles. The quantitative estimate of drug-likeness (QED) is 0.587. The second kappa shape index (κ2) is 8.59. The minimum atomic E-state index is 0.181. The number of hydrogen-bond donors (Lipinski definition) is 1. The van der Waals surface area contributed by atoms with Gasteiger partial charge in [-0.05, 0) is 51.2 Å². The fourth-order valence-electron chi connectivity index (χ4n) is 1.92. The maximum absolute atomic E-state index is 6.01. The Balaban J connectivity index is 2.56. The van der Waals surface area contributed by atoms with Crippen molar-refractivity contribution in [1.29, 1.82) is 0 Å². The lowest BCUT2D eigenvalue weighted by Crippen LogP contribution is -2.26. The van der Waals surface area contributed by atoms with Crippen LogP contribution in [0.2, 0.25) is 0 Å². The number of aliphatic imine (C=N–C) groups is 1. The summed E-state index contributed by atoms with van der Waals surface area (Å²) in [6.07, 6.45) is 0.181. The Labute approximate surface area is 122 Å². The van der Waals surface area contributed by atoms with Crippen LogP contribution in [0.4, 0.5) is 0 Å². The smallest absolute Gasteiger partial charge is 0.125 e. The molecular formula is C16H27N3O. The highest BCUT2D eigenvalue weighted by Crippen LogP contribution is 2.13. The van der Waals surface area contributed by atoms with Crippen LogP contribution in [-0.4, -0.2) is 43.0 Å². The van der Waals surface area contributed by atoms with Gasteiger partial charge in [-0.3, -0.25) is 4.99 Å². The summed E-state index contributed by atoms with van der Waals surface area (Å²) in [5.74, 6) is 1.45. The molecule has 0 heterocycles. The zero-order chi connectivity index (χ0) is 15.0. The molecule has 4 heteroatoms. The average Bonchev–Trinajstić information content (AvgIpc) is 2.43. The molecule has 0 spiro atoms. The third-order valence-electron chi connectivity index (χ3n) is 3.11. The van der Waals surface area contributed by atoms with Crippen LogP contribution in [0.5, 0.6) is 5.75 Å². The van der Waals surface area contributed by atoms with E-state index in [4.69, 9.17) is 10.5 Å². The Kier molecular flexibility index (Phi) is 7.09. The van der Waals surface area contributed by atoms with Gasteiger partial charge in [0.25, 0.3) is 0 Å². The molecule has 0 aliphatic rings. The summed E-state index contributed by atoms with van der Waals surface area (Å²) in [7, 11) is 0. The number of nitrogens with zero attached hydrogens (tertiary/aromatic N) is 2. The molecule has 0 unspecified atom stereocenters. The van der Waals surface area contributed by atoms with Crippen molar-refractivity contribution in [3.63, 3.8) is 0 Å². The number of hydrogen-bond acceptors (Lipinski definition) is 3. The van der Waals surface area contributed by atoms with E-state index in [-0.39, 0.29) is 6.10 Å². The maximum Gasteiger partial charge on any atom is 0.125 e. The first-order valence-corrected chi connectivity index (χ1v) is 7.36. The van der Waals surface area contributed by atoms with Crippen molar-refractivity contribution >= 4 is 5.84 Å². The van der Waals surface area contributed by atoms with Crippen LogP contribution in [0.15, 0.2) is 29.3 Å². The predicted octanol–water partition coefficient (Wildman–Crippen LogP) is 2.52. The zero-order valence-corrected chi connectivity index (χ0v) is 13.1. The van der Waals surface area contributed by atoms with Crippen LogP contribution in [-0.2, 0) is 0 Å². The fourth-order valence-corrected chi connectivity index (χ4v) is 1.92. The van der Waals surface area contributed by atoms with E-state index in [1.807, 2.05) is 38.1 Å². The third-order valence-corrected chi connectivity index (χ3v) is 3.11. The van der Waals surface area contributed by atoms with E-state index in [1.165, 1.54) is 0 Å². The summed E-state index contributed by atoms with van der Waals surface area (Å²) >= 11 is 0. The van der Waals surface area contributed by atoms with E-state index in [9.17, 15) is 0 Å². The molecule has 0 fully saturated rings. The molecule has 0 radical (unpaired) electrons. The fraction of sp³-hybridized carbons (Fsp3) is 0.562. The van der Waals surface area contributed by atoms with Gasteiger partial charge in [0.2, 0.25) is 0 Å². The lowest BCUT2D eigenvalue weighted by atomic mass is 10.2. The number of likely N-dealkylation sites (N-methyl/N-ethyl adjacent to an activating group) is 1. The monoisotopic (exact) mass is 277 g/mol. The lowest BCUT2D eigenvalue weighted by molar-refractivity contribution is 0.242. The van der Waals surface area contributed by atoms with Crippen molar-refractivity contribution in [2.24, 2.45) is 10.7 Å². The Morgan fingerprint density at radius 1 is 1.20 bits per heavy atom. The topological polar surface area (TPSA) is 50.8 Å². The van der Waals surface area contributed by atoms with Crippen molar-refractivity contribution < 1.29 is 4.74 Å². The number of ether oxygens (including phenoxy) is 1. The van der Waals surface area contributed by atoms with Gasteiger partial charge in [0.15, 0.2) is 0 Å². The molecule has 0 saturated carbocycles. The van der Waals surface area contributed by atoms with Gasteiger partial charge in [0.1, 0.15) is 11.6 Å². The largest absolute Gasteiger partial charge is 0.491 e. The number of amidine groups is 1. The van der Waals surface area contributed by atoms with E-state index in [1.54, 1.807) is 0 Å². The molecule has 20 heavy (non-hydrogen) atoms. The number of nitrogens with two attached hydrogens (primary N) is 1. The highest BCUT2D eigenvalue weighted by molar-refractivity contribution is 5.97. The molecule has 112 valence electrons. The second-order valence-corrected chi connectivity index (χ2v) is 4.98. The Morgan fingerprint density at radius 2 is 1.80 bits per heavy atom. The summed E-state index contributed by atoms with van der Waals surface area (Å²) in [6, 6.07) is 7.77. The van der Waals surface area contributed by atoms with Gasteiger partial charge in [-0.25, -0.2) is 0 Å². The van der Waals surface area contributed by atoms with Crippen LogP contribution >= 0.6 is 0 Å². The van der Waals surface area contributed by atoms with Gasteiger partial charge in [-0.2, -0.15) is 0 Å². The van der Waals surface area contributed by atoms with Crippen molar-refractivity contribution in [2.75, 3.05) is 26.2 Å². The summed E-state index contributed by atoms with van der Waals surface area (Å²) < 4.78 is 5.60. The maximum atomic E-state index is 6.01. The first kappa shape index (κ1) is 16.5. The SMILES string of the molecule is CCN(CC)CCN=C(N)c1ccc(OC(C)C)cc1. The molecule has 0 atom stereocenters. The molecule has 1 rings (SSSR count). The lowest BCUT2D eigenvalue weighted by Gasteiger charge is -2.16. The summed E-state index contributed by atoms with van der Waals surface area (Å²) in [5, 5.41) is 0. The van der Waals surface area contributed by atoms with E-state index < -0.39 is 0 Å². The van der Waals surface area contributed by atoms with E-state index in [0.29, 0.717) is 5.84 Å². The summed E-state index contributed by atoms with van der Waals surface area (Å²) in [6.45, 7) is 12.1. The molecule has 1 aromatic rings. The number of rotatable bonds is 8. The predicted molar refractivity (Wildman–Crippen MR) is 85.6 cm³/mol. The average molecular weight is 277 g/mol. The van der Waals surface area contributed by atoms with Gasteiger partial charge in [-0.15, -0.1) is 0 Å². The first-order valence-electron chi connectivity index (χ1n) is 7.36. The summed E-state index contributed by atoms with van der Waals surface area (Å²) in [4.78, 5) is 6.76. The Morgan fingerprint density at radius 3 is 2.30 bits per heavy atom. The molecule has 0 bridgehead atoms. The highest BCUT2D eigenvalue weighted by Gasteiger charge is 2.02. The highest BCUT2D eigenvalue weighted by atomic mass is 16.5. The number of benzene rings is 1. The van der Waals surface area contributed by atoms with Crippen molar-refractivity contribution in [3.8, 4) is 5.75 Å². The van der Waals surface area contributed by atoms with Crippen LogP contribution in [0, 0.1) is 0 Å². The molecular weight excluding hydrogens is 250 g/mol. The zero-order valence-electron chi connectivity index (χ0n) is 13.1. The van der Waals surface area contributed by atoms with Crippen LogP contribution in [0.25, 0.3) is 0 Å². The molecule has 1 aromatic carbocycles. The van der Waals surface area contributed by atoms with Gasteiger partial charge in [-0.1, -0.05) is 13.8 Å². The first-order chi connectivity index (χ1) is 9.56. The van der Waals surface area contributed by atoms with Crippen molar-refractivity contribution in [1.82, 2.24) is 4.90 Å². The Hall–Kier alpha value is -1.55. The van der Waals surface area contributed by atoms with Gasteiger partial charge in [0, 0.05) is 12.1 Å². The van der Waals surface area contributed by atoms with Gasteiger partial charge >= 0.3 is 0 Å². The summed E-state index contributed by atoms with van der Waals surface area (Å²) in [5.41, 5.74) is 6.95. The normalized spacial score (nSPS) is 12.2. The standard InChI is InChI=1S/C16H27N3O/c1-5-19(6-2)12-11-18-16(17)14-7-9-15(10-8-14)20-13(3)4/h7-10,13H,5-6,11-12H2,1-4H3,(H2,17,18). The molecule has 0 saturated heterocycles. The molecule has 0 amide bonds. The minimum Gasteiger partial charge on any atom is -0.491 e. The van der Waals surface area contributed by atoms with Gasteiger partial charge in [0.05, 0.1) is 12.6 Å². The van der Waals surface area contributed by atoms with Crippen LogP contribution in [0.1, 0.15) is 33.3 Å². The van der Waals surface area contributed by atoms with E-state index in [0.717, 1.165) is 37.5 Å². The van der Waals surface area contributed by atoms with E-state index in [2.05, 4.69) is 23.7 Å². The third kappa shape index (κ3) is 5.61. The van der Waals surface area contributed by atoms with Crippen molar-refractivity contribution in [2.45, 2.75) is 33.8 Å². The molecule has 0 aliphatic heterocycles. The molecule has 2 N–H and O–H groups in total. The Bertz CT molecular complexity index is 408. The minimum absolute atomic E-state index is 0.181. The molecule has 0 aliphatic carbocycles. The van der Waals surface area contributed by atoms with Crippen LogP contribution < -0.4 is 10.5 Å². The van der Waals surface area contributed by atoms with E-state index >= 15 is 0 Å². The van der Waals surface area contributed by atoms with Gasteiger partial charge < -0.3 is 15.4 Å². The molecule has 4 nitrogen and oxygen atoms in total.